The van der Waals surface area contributed by atoms with Crippen LogP contribution in [0.2, 0.25) is 0 Å². The third kappa shape index (κ3) is 3.44. The molecule has 1 amide bonds. The molecule has 2 aromatic rings. The van der Waals surface area contributed by atoms with E-state index in [-0.39, 0.29) is 5.91 Å². The summed E-state index contributed by atoms with van der Waals surface area (Å²) in [7, 11) is 3.89. The lowest BCUT2D eigenvalue weighted by molar-refractivity contribution is 0.0751. The first-order chi connectivity index (χ1) is 11.0. The summed E-state index contributed by atoms with van der Waals surface area (Å²) >= 11 is 1.52. The Morgan fingerprint density at radius 3 is 2.43 bits per heavy atom. The lowest BCUT2D eigenvalue weighted by Crippen LogP contribution is -2.49. The van der Waals surface area contributed by atoms with Crippen molar-refractivity contribution in [3.05, 3.63) is 34.0 Å². The van der Waals surface area contributed by atoms with E-state index in [1.165, 1.54) is 11.3 Å². The van der Waals surface area contributed by atoms with Crippen molar-refractivity contribution in [2.45, 2.75) is 6.92 Å². The molecule has 7 heteroatoms. The van der Waals surface area contributed by atoms with E-state index in [4.69, 9.17) is 0 Å². The van der Waals surface area contributed by atoms with Gasteiger partial charge in [0.2, 0.25) is 0 Å². The standard InChI is InChI=1S/C16H21N5OS/c1-12-10-13(23-11-12)16(22)21-8-6-20(7-9-21)15-5-4-14(17-18-15)19(2)3/h4-5,10-11H,6-9H2,1-3H3. The highest BCUT2D eigenvalue weighted by molar-refractivity contribution is 7.12. The van der Waals surface area contributed by atoms with Gasteiger partial charge in [-0.05, 0) is 36.1 Å². The van der Waals surface area contributed by atoms with Gasteiger partial charge in [-0.25, -0.2) is 0 Å². The van der Waals surface area contributed by atoms with Gasteiger partial charge in [0.15, 0.2) is 11.6 Å². The van der Waals surface area contributed by atoms with Gasteiger partial charge in [-0.3, -0.25) is 4.79 Å². The van der Waals surface area contributed by atoms with Gasteiger partial charge in [0.25, 0.3) is 5.91 Å². The molecule has 0 aromatic carbocycles. The van der Waals surface area contributed by atoms with Gasteiger partial charge < -0.3 is 14.7 Å². The van der Waals surface area contributed by atoms with E-state index < -0.39 is 0 Å². The van der Waals surface area contributed by atoms with E-state index in [1.54, 1.807) is 0 Å². The Morgan fingerprint density at radius 2 is 1.91 bits per heavy atom. The molecule has 1 aliphatic rings. The SMILES string of the molecule is Cc1csc(C(=O)N2CCN(c3ccc(N(C)C)nn3)CC2)c1. The molecule has 0 spiro atoms. The summed E-state index contributed by atoms with van der Waals surface area (Å²) in [6.45, 7) is 5.01. The molecule has 1 fully saturated rings. The van der Waals surface area contributed by atoms with Gasteiger partial charge in [0.05, 0.1) is 4.88 Å². The van der Waals surface area contributed by atoms with Crippen LogP contribution < -0.4 is 9.80 Å². The van der Waals surface area contributed by atoms with Crippen molar-refractivity contribution in [3.8, 4) is 0 Å². The average Bonchev–Trinajstić information content (AvgIpc) is 3.01. The maximum Gasteiger partial charge on any atom is 0.264 e. The van der Waals surface area contributed by atoms with Gasteiger partial charge in [-0.1, -0.05) is 0 Å². The highest BCUT2D eigenvalue weighted by Crippen LogP contribution is 2.19. The van der Waals surface area contributed by atoms with Crippen LogP contribution in [-0.2, 0) is 0 Å². The fourth-order valence-corrected chi connectivity index (χ4v) is 3.43. The number of hydrogen-bond acceptors (Lipinski definition) is 6. The molecular weight excluding hydrogens is 310 g/mol. The van der Waals surface area contributed by atoms with Crippen LogP contribution in [0.15, 0.2) is 23.6 Å². The predicted molar refractivity (Wildman–Crippen MR) is 93.5 cm³/mol. The maximum absolute atomic E-state index is 12.5. The van der Waals surface area contributed by atoms with Gasteiger partial charge in [0.1, 0.15) is 0 Å². The Balaban J connectivity index is 1.60. The van der Waals surface area contributed by atoms with Crippen LogP contribution in [0.5, 0.6) is 0 Å². The molecule has 0 unspecified atom stereocenters. The largest absolute Gasteiger partial charge is 0.361 e. The molecule has 1 aliphatic heterocycles. The Hall–Kier alpha value is -2.15. The van der Waals surface area contributed by atoms with E-state index >= 15 is 0 Å². The quantitative estimate of drug-likeness (QED) is 0.859. The first kappa shape index (κ1) is 15.7. The summed E-state index contributed by atoms with van der Waals surface area (Å²) in [6.07, 6.45) is 0. The topological polar surface area (TPSA) is 52.6 Å². The van der Waals surface area contributed by atoms with Crippen molar-refractivity contribution < 1.29 is 4.79 Å². The Morgan fingerprint density at radius 1 is 1.17 bits per heavy atom. The van der Waals surface area contributed by atoms with Crippen LogP contribution in [0.1, 0.15) is 15.2 Å². The van der Waals surface area contributed by atoms with Crippen molar-refractivity contribution in [2.75, 3.05) is 50.1 Å². The maximum atomic E-state index is 12.5. The first-order valence-corrected chi connectivity index (χ1v) is 8.53. The smallest absolute Gasteiger partial charge is 0.264 e. The lowest BCUT2D eigenvalue weighted by Gasteiger charge is -2.35. The molecule has 3 rings (SSSR count). The average molecular weight is 331 g/mol. The number of hydrogen-bond donors (Lipinski definition) is 0. The molecule has 0 saturated carbocycles. The van der Waals surface area contributed by atoms with Crippen LogP contribution in [0, 0.1) is 6.92 Å². The number of carbonyl (C=O) groups is 1. The molecule has 2 aromatic heterocycles. The summed E-state index contributed by atoms with van der Waals surface area (Å²) in [4.78, 5) is 19.3. The highest BCUT2D eigenvalue weighted by atomic mass is 32.1. The number of aromatic nitrogens is 2. The second-order valence-corrected chi connectivity index (χ2v) is 6.82. The fourth-order valence-electron chi connectivity index (χ4n) is 2.56. The molecule has 0 atom stereocenters. The van der Waals surface area contributed by atoms with Crippen LogP contribution >= 0.6 is 11.3 Å². The zero-order valence-corrected chi connectivity index (χ0v) is 14.5. The zero-order chi connectivity index (χ0) is 16.4. The zero-order valence-electron chi connectivity index (χ0n) is 13.7. The summed E-state index contributed by atoms with van der Waals surface area (Å²) in [6, 6.07) is 5.92. The summed E-state index contributed by atoms with van der Waals surface area (Å²) in [5.41, 5.74) is 1.15. The third-order valence-corrected chi connectivity index (χ3v) is 4.96. The van der Waals surface area contributed by atoms with Crippen molar-refractivity contribution >= 4 is 28.9 Å². The van der Waals surface area contributed by atoms with Crippen molar-refractivity contribution in [3.63, 3.8) is 0 Å². The van der Waals surface area contributed by atoms with Gasteiger partial charge >= 0.3 is 0 Å². The van der Waals surface area contributed by atoms with E-state index in [0.717, 1.165) is 35.2 Å². The first-order valence-electron chi connectivity index (χ1n) is 7.65. The molecule has 1 saturated heterocycles. The minimum atomic E-state index is 0.136. The fraction of sp³-hybridized carbons (Fsp3) is 0.438. The minimum absolute atomic E-state index is 0.136. The molecule has 122 valence electrons. The molecule has 3 heterocycles. The van der Waals surface area contributed by atoms with E-state index in [2.05, 4.69) is 15.1 Å². The normalized spacial score (nSPS) is 14.9. The Labute approximate surface area is 140 Å². The summed E-state index contributed by atoms with van der Waals surface area (Å²) < 4.78 is 0. The lowest BCUT2D eigenvalue weighted by atomic mass is 10.2. The minimum Gasteiger partial charge on any atom is -0.361 e. The number of carbonyl (C=O) groups excluding carboxylic acids is 1. The highest BCUT2D eigenvalue weighted by Gasteiger charge is 2.23. The van der Waals surface area contributed by atoms with E-state index in [0.29, 0.717) is 13.1 Å². The molecule has 0 N–H and O–H groups in total. The second-order valence-electron chi connectivity index (χ2n) is 5.91. The number of piperazine rings is 1. The molecule has 0 bridgehead atoms. The number of thiophene rings is 1. The number of amides is 1. The molecule has 0 aliphatic carbocycles. The van der Waals surface area contributed by atoms with E-state index in [9.17, 15) is 4.79 Å². The van der Waals surface area contributed by atoms with Gasteiger partial charge in [0, 0.05) is 40.3 Å². The van der Waals surface area contributed by atoms with Crippen molar-refractivity contribution in [1.82, 2.24) is 15.1 Å². The number of aryl methyl sites for hydroxylation is 1. The molecule has 0 radical (unpaired) electrons. The number of rotatable bonds is 3. The number of nitrogens with zero attached hydrogens (tertiary/aromatic N) is 5. The summed E-state index contributed by atoms with van der Waals surface area (Å²) in [5, 5.41) is 10.5. The predicted octanol–water partition coefficient (Wildman–Crippen LogP) is 1.87. The van der Waals surface area contributed by atoms with Crippen LogP contribution in [0.3, 0.4) is 0 Å². The van der Waals surface area contributed by atoms with Crippen LogP contribution in [0.4, 0.5) is 11.6 Å². The van der Waals surface area contributed by atoms with Crippen molar-refractivity contribution in [1.29, 1.82) is 0 Å². The van der Waals surface area contributed by atoms with Gasteiger partial charge in [-0.2, -0.15) is 0 Å². The van der Waals surface area contributed by atoms with Crippen molar-refractivity contribution in [2.24, 2.45) is 0 Å². The Bertz CT molecular complexity index is 674. The number of anilines is 2. The second kappa shape index (κ2) is 6.54. The van der Waals surface area contributed by atoms with E-state index in [1.807, 2.05) is 54.4 Å². The molecular formula is C16H21N5OS. The molecule has 23 heavy (non-hydrogen) atoms. The monoisotopic (exact) mass is 331 g/mol. The van der Waals surface area contributed by atoms with Crippen LogP contribution in [0.25, 0.3) is 0 Å². The van der Waals surface area contributed by atoms with Gasteiger partial charge in [-0.15, -0.1) is 21.5 Å². The van der Waals surface area contributed by atoms with Crippen LogP contribution in [-0.4, -0.2) is 61.3 Å². The molecule has 6 nitrogen and oxygen atoms in total. The third-order valence-electron chi connectivity index (χ3n) is 3.93. The summed E-state index contributed by atoms with van der Waals surface area (Å²) in [5.74, 6) is 1.85. The Kier molecular flexibility index (Phi) is 4.47.